The largest absolute Gasteiger partial charge is 0.481 e. The van der Waals surface area contributed by atoms with Crippen LogP contribution in [-0.4, -0.2) is 47.4 Å². The number of nitrogens with zero attached hydrogens (tertiary/aromatic N) is 1. The smallest absolute Gasteiger partial charge is 0.305 e. The topological polar surface area (TPSA) is 86.7 Å². The monoisotopic (exact) mass is 330 g/mol. The van der Waals surface area contributed by atoms with E-state index in [9.17, 15) is 14.4 Å². The molecule has 2 N–H and O–H groups in total. The first-order valence-electron chi connectivity index (χ1n) is 8.08. The predicted octanol–water partition coefficient (Wildman–Crippen LogP) is 1.53. The summed E-state index contributed by atoms with van der Waals surface area (Å²) in [7, 11) is 0. The van der Waals surface area contributed by atoms with Gasteiger partial charge in [-0.05, 0) is 24.5 Å². The Bertz CT molecular complexity index is 605. The van der Waals surface area contributed by atoms with Crippen LogP contribution in [-0.2, 0) is 14.4 Å². The zero-order valence-electron chi connectivity index (χ0n) is 13.5. The molecular formula is C18H22N2O4. The quantitative estimate of drug-likeness (QED) is 0.775. The molecule has 0 saturated carbocycles. The van der Waals surface area contributed by atoms with Crippen LogP contribution in [0.25, 0.3) is 6.08 Å². The van der Waals surface area contributed by atoms with Crippen LogP contribution in [0.4, 0.5) is 0 Å². The average Bonchev–Trinajstić information content (AvgIpc) is 2.60. The minimum Gasteiger partial charge on any atom is -0.481 e. The van der Waals surface area contributed by atoms with Crippen LogP contribution in [0.3, 0.4) is 0 Å². The molecule has 0 radical (unpaired) electrons. The highest BCUT2D eigenvalue weighted by molar-refractivity contribution is 5.92. The lowest BCUT2D eigenvalue weighted by Crippen LogP contribution is -2.42. The van der Waals surface area contributed by atoms with Crippen molar-refractivity contribution in [2.45, 2.75) is 19.3 Å². The Morgan fingerprint density at radius 1 is 1.17 bits per heavy atom. The molecule has 1 fully saturated rings. The number of nitrogens with one attached hydrogen (secondary N) is 1. The van der Waals surface area contributed by atoms with Crippen LogP contribution in [0.2, 0.25) is 0 Å². The summed E-state index contributed by atoms with van der Waals surface area (Å²) in [6, 6.07) is 9.61. The first kappa shape index (κ1) is 17.7. The van der Waals surface area contributed by atoms with Gasteiger partial charge in [-0.25, -0.2) is 0 Å². The normalized spacial score (nSPS) is 15.4. The van der Waals surface area contributed by atoms with Gasteiger partial charge in [-0.15, -0.1) is 0 Å². The van der Waals surface area contributed by atoms with E-state index in [0.29, 0.717) is 25.9 Å². The highest BCUT2D eigenvalue weighted by atomic mass is 16.4. The summed E-state index contributed by atoms with van der Waals surface area (Å²) >= 11 is 0. The van der Waals surface area contributed by atoms with Gasteiger partial charge in [0.25, 0.3) is 0 Å². The minimum atomic E-state index is -0.930. The molecule has 1 aliphatic heterocycles. The fraction of sp³-hybridized carbons (Fsp3) is 0.389. The molecule has 128 valence electrons. The van der Waals surface area contributed by atoms with Crippen molar-refractivity contribution < 1.29 is 19.5 Å². The van der Waals surface area contributed by atoms with Crippen molar-refractivity contribution in [2.24, 2.45) is 5.92 Å². The summed E-state index contributed by atoms with van der Waals surface area (Å²) in [5.74, 6) is -1.26. The van der Waals surface area contributed by atoms with Gasteiger partial charge < -0.3 is 15.3 Å². The van der Waals surface area contributed by atoms with Gasteiger partial charge in [-0.2, -0.15) is 0 Å². The van der Waals surface area contributed by atoms with E-state index in [1.165, 1.54) is 0 Å². The number of aliphatic carboxylic acids is 1. The van der Waals surface area contributed by atoms with E-state index in [2.05, 4.69) is 5.32 Å². The molecule has 1 saturated heterocycles. The van der Waals surface area contributed by atoms with Gasteiger partial charge in [0.1, 0.15) is 0 Å². The highest BCUT2D eigenvalue weighted by Gasteiger charge is 2.26. The molecule has 2 rings (SSSR count). The minimum absolute atomic E-state index is 0.0522. The van der Waals surface area contributed by atoms with E-state index in [1.807, 2.05) is 30.3 Å². The fourth-order valence-corrected chi connectivity index (χ4v) is 2.64. The summed E-state index contributed by atoms with van der Waals surface area (Å²) in [5, 5.41) is 11.2. The Morgan fingerprint density at radius 3 is 2.46 bits per heavy atom. The maximum absolute atomic E-state index is 12.2. The molecule has 0 aromatic heterocycles. The van der Waals surface area contributed by atoms with E-state index >= 15 is 0 Å². The van der Waals surface area contributed by atoms with Crippen LogP contribution in [0, 0.1) is 5.92 Å². The Hall–Kier alpha value is -2.63. The van der Waals surface area contributed by atoms with Crippen molar-refractivity contribution in [3.05, 3.63) is 42.0 Å². The first-order chi connectivity index (χ1) is 11.6. The molecule has 0 spiro atoms. The number of amides is 2. The number of hydrogen-bond donors (Lipinski definition) is 2. The summed E-state index contributed by atoms with van der Waals surface area (Å²) in [5.41, 5.74) is 0.971. The molecule has 0 unspecified atom stereocenters. The Balaban J connectivity index is 1.75. The molecule has 0 atom stereocenters. The molecule has 6 heteroatoms. The summed E-state index contributed by atoms with van der Waals surface area (Å²) in [6.07, 6.45) is 4.47. The van der Waals surface area contributed by atoms with Crippen molar-refractivity contribution in [2.75, 3.05) is 19.6 Å². The van der Waals surface area contributed by atoms with Crippen LogP contribution in [0.15, 0.2) is 36.4 Å². The van der Waals surface area contributed by atoms with Gasteiger partial charge in [-0.1, -0.05) is 30.3 Å². The lowest BCUT2D eigenvalue weighted by molar-refractivity contribution is -0.137. The first-order valence-corrected chi connectivity index (χ1v) is 8.08. The van der Waals surface area contributed by atoms with Crippen molar-refractivity contribution >= 4 is 23.9 Å². The number of carbonyl (C=O) groups excluding carboxylic acids is 2. The zero-order valence-corrected chi connectivity index (χ0v) is 13.5. The number of carboxylic acid groups (broad SMARTS) is 1. The van der Waals surface area contributed by atoms with Crippen LogP contribution >= 0.6 is 0 Å². The molecule has 1 aromatic carbocycles. The number of likely N-dealkylation sites (tertiary alicyclic amines) is 1. The van der Waals surface area contributed by atoms with Gasteiger partial charge in [0.2, 0.25) is 11.8 Å². The maximum Gasteiger partial charge on any atom is 0.305 e. The molecule has 6 nitrogen and oxygen atoms in total. The van der Waals surface area contributed by atoms with Crippen molar-refractivity contribution in [3.8, 4) is 0 Å². The fourth-order valence-electron chi connectivity index (χ4n) is 2.64. The van der Waals surface area contributed by atoms with E-state index in [0.717, 1.165) is 5.56 Å². The number of carbonyl (C=O) groups is 3. The van der Waals surface area contributed by atoms with Gasteiger partial charge in [0.15, 0.2) is 0 Å². The highest BCUT2D eigenvalue weighted by Crippen LogP contribution is 2.18. The maximum atomic E-state index is 12.2. The predicted molar refractivity (Wildman–Crippen MR) is 90.0 cm³/mol. The molecule has 0 bridgehead atoms. The molecule has 1 aromatic rings. The summed E-state index contributed by atoms with van der Waals surface area (Å²) in [6.45, 7) is 1.22. The lowest BCUT2D eigenvalue weighted by Gasteiger charge is -2.30. The Kier molecular flexibility index (Phi) is 6.54. The number of carboxylic acids is 1. The molecule has 0 aliphatic carbocycles. The van der Waals surface area contributed by atoms with Gasteiger partial charge in [-0.3, -0.25) is 14.4 Å². The van der Waals surface area contributed by atoms with Crippen LogP contribution in [0.5, 0.6) is 0 Å². The molecule has 1 aliphatic rings. The summed E-state index contributed by atoms with van der Waals surface area (Å²) < 4.78 is 0. The third-order valence-electron chi connectivity index (χ3n) is 4.03. The summed E-state index contributed by atoms with van der Waals surface area (Å²) in [4.78, 5) is 36.3. The molecule has 24 heavy (non-hydrogen) atoms. The number of piperidine rings is 1. The molecular weight excluding hydrogens is 308 g/mol. The zero-order chi connectivity index (χ0) is 17.4. The van der Waals surface area contributed by atoms with E-state index in [-0.39, 0.29) is 30.7 Å². The van der Waals surface area contributed by atoms with Gasteiger partial charge >= 0.3 is 5.97 Å². The van der Waals surface area contributed by atoms with E-state index < -0.39 is 5.97 Å². The SMILES string of the molecule is O=C(O)CCNC(=O)C1CCN(C(=O)/C=C/c2ccccc2)CC1. The average molecular weight is 330 g/mol. The standard InChI is InChI=1S/C18H22N2O4/c21-16(7-6-14-4-2-1-3-5-14)20-12-9-15(10-13-20)18(24)19-11-8-17(22)23/h1-7,15H,8-13H2,(H,19,24)(H,22,23)/b7-6+. The second kappa shape index (κ2) is 8.86. The number of hydrogen-bond acceptors (Lipinski definition) is 3. The molecule has 2 amide bonds. The van der Waals surface area contributed by atoms with Crippen LogP contribution < -0.4 is 5.32 Å². The molecule has 1 heterocycles. The Morgan fingerprint density at radius 2 is 1.83 bits per heavy atom. The van der Waals surface area contributed by atoms with Gasteiger partial charge in [0, 0.05) is 31.6 Å². The Labute approximate surface area is 141 Å². The third-order valence-corrected chi connectivity index (χ3v) is 4.03. The van der Waals surface area contributed by atoms with E-state index in [4.69, 9.17) is 5.11 Å². The third kappa shape index (κ3) is 5.53. The second-order valence-electron chi connectivity index (χ2n) is 5.78. The van der Waals surface area contributed by atoms with Crippen molar-refractivity contribution in [1.82, 2.24) is 10.2 Å². The lowest BCUT2D eigenvalue weighted by atomic mass is 9.96. The van der Waals surface area contributed by atoms with E-state index in [1.54, 1.807) is 17.1 Å². The second-order valence-corrected chi connectivity index (χ2v) is 5.78. The van der Waals surface area contributed by atoms with Crippen molar-refractivity contribution in [3.63, 3.8) is 0 Å². The number of rotatable bonds is 6. The van der Waals surface area contributed by atoms with Gasteiger partial charge in [0.05, 0.1) is 6.42 Å². The van der Waals surface area contributed by atoms with Crippen molar-refractivity contribution in [1.29, 1.82) is 0 Å². The number of benzene rings is 1. The van der Waals surface area contributed by atoms with Crippen LogP contribution in [0.1, 0.15) is 24.8 Å².